The van der Waals surface area contributed by atoms with E-state index in [1.54, 1.807) is 12.1 Å². The molecule has 1 aliphatic carbocycles. The van der Waals surface area contributed by atoms with Gasteiger partial charge in [-0.05, 0) is 49.3 Å². The zero-order valence-corrected chi connectivity index (χ0v) is 12.3. The molecule has 0 aliphatic heterocycles. The van der Waals surface area contributed by atoms with E-state index in [9.17, 15) is 9.18 Å². The van der Waals surface area contributed by atoms with E-state index < -0.39 is 5.82 Å². The van der Waals surface area contributed by atoms with Crippen LogP contribution < -0.4 is 0 Å². The molecule has 1 aromatic rings. The Bertz CT molecular complexity index is 458. The van der Waals surface area contributed by atoms with Crippen molar-refractivity contribution in [3.05, 3.63) is 34.1 Å². The number of hydrogen-bond donors (Lipinski definition) is 0. The van der Waals surface area contributed by atoms with E-state index in [-0.39, 0.29) is 17.3 Å². The molecule has 2 rings (SSSR count). The van der Waals surface area contributed by atoms with Crippen molar-refractivity contribution in [3.8, 4) is 0 Å². The van der Waals surface area contributed by atoms with Gasteiger partial charge in [-0.15, -0.1) is 0 Å². The summed E-state index contributed by atoms with van der Waals surface area (Å²) >= 11 is 3.29. The van der Waals surface area contributed by atoms with Gasteiger partial charge in [-0.2, -0.15) is 0 Å². The largest absolute Gasteiger partial charge is 0.294 e. The molecule has 3 atom stereocenters. The Kier molecular flexibility index (Phi) is 4.21. The Labute approximate surface area is 116 Å². The van der Waals surface area contributed by atoms with Crippen LogP contribution in [0.3, 0.4) is 0 Å². The van der Waals surface area contributed by atoms with E-state index in [4.69, 9.17) is 0 Å². The topological polar surface area (TPSA) is 17.1 Å². The lowest BCUT2D eigenvalue weighted by molar-refractivity contribution is 0.0833. The van der Waals surface area contributed by atoms with Crippen LogP contribution in [0, 0.1) is 23.6 Å². The third kappa shape index (κ3) is 2.82. The molecule has 0 spiro atoms. The summed E-state index contributed by atoms with van der Waals surface area (Å²) in [6, 6.07) is 4.57. The number of rotatable bonds is 2. The highest BCUT2D eigenvalue weighted by Crippen LogP contribution is 2.35. The van der Waals surface area contributed by atoms with E-state index in [1.807, 2.05) is 0 Å². The Morgan fingerprint density at radius 1 is 1.28 bits per heavy atom. The molecule has 1 aromatic carbocycles. The standard InChI is InChI=1S/C15H18BrFO/c1-9-3-4-11(7-10(9)2)15(18)13-8-12(16)5-6-14(13)17/h5-6,8-11H,3-4,7H2,1-2H3. The first-order valence-corrected chi connectivity index (χ1v) is 7.27. The minimum Gasteiger partial charge on any atom is -0.294 e. The van der Waals surface area contributed by atoms with Gasteiger partial charge in [-0.3, -0.25) is 4.79 Å². The number of benzene rings is 1. The first-order valence-electron chi connectivity index (χ1n) is 6.48. The molecular formula is C15H18BrFO. The smallest absolute Gasteiger partial charge is 0.168 e. The predicted molar refractivity (Wildman–Crippen MR) is 74.1 cm³/mol. The van der Waals surface area contributed by atoms with Gasteiger partial charge in [-0.1, -0.05) is 29.8 Å². The summed E-state index contributed by atoms with van der Waals surface area (Å²) in [7, 11) is 0. The average Bonchev–Trinajstić information content (AvgIpc) is 2.35. The molecule has 0 aromatic heterocycles. The molecule has 1 saturated carbocycles. The number of carbonyl (C=O) groups excluding carboxylic acids is 1. The van der Waals surface area contributed by atoms with Crippen molar-refractivity contribution >= 4 is 21.7 Å². The van der Waals surface area contributed by atoms with Crippen molar-refractivity contribution in [2.45, 2.75) is 33.1 Å². The van der Waals surface area contributed by atoms with E-state index in [2.05, 4.69) is 29.8 Å². The van der Waals surface area contributed by atoms with Crippen LogP contribution in [0.2, 0.25) is 0 Å². The molecule has 0 bridgehead atoms. The van der Waals surface area contributed by atoms with Crippen molar-refractivity contribution in [1.29, 1.82) is 0 Å². The summed E-state index contributed by atoms with van der Waals surface area (Å²) in [5.41, 5.74) is 0.233. The Morgan fingerprint density at radius 2 is 2.00 bits per heavy atom. The maximum absolute atomic E-state index is 13.7. The van der Waals surface area contributed by atoms with Crippen LogP contribution in [-0.4, -0.2) is 5.78 Å². The molecule has 0 N–H and O–H groups in total. The molecule has 3 unspecified atom stereocenters. The SMILES string of the molecule is CC1CCC(C(=O)c2cc(Br)ccc2F)CC1C. The van der Waals surface area contributed by atoms with Crippen molar-refractivity contribution in [2.24, 2.45) is 17.8 Å². The Balaban J connectivity index is 2.19. The van der Waals surface area contributed by atoms with E-state index >= 15 is 0 Å². The van der Waals surface area contributed by atoms with Gasteiger partial charge in [0.1, 0.15) is 5.82 Å². The summed E-state index contributed by atoms with van der Waals surface area (Å²) in [6.07, 6.45) is 2.83. The second-order valence-electron chi connectivity index (χ2n) is 5.45. The van der Waals surface area contributed by atoms with Gasteiger partial charge in [0.05, 0.1) is 5.56 Å². The van der Waals surface area contributed by atoms with Gasteiger partial charge in [0.25, 0.3) is 0 Å². The fraction of sp³-hybridized carbons (Fsp3) is 0.533. The second kappa shape index (κ2) is 5.52. The van der Waals surface area contributed by atoms with E-state index in [0.717, 1.165) is 23.7 Å². The van der Waals surface area contributed by atoms with Crippen LogP contribution in [0.4, 0.5) is 4.39 Å². The quantitative estimate of drug-likeness (QED) is 0.714. The average molecular weight is 313 g/mol. The number of Topliss-reactive ketones (excluding diaryl/α,β-unsaturated/α-hetero) is 1. The lowest BCUT2D eigenvalue weighted by Gasteiger charge is -2.31. The van der Waals surface area contributed by atoms with Gasteiger partial charge < -0.3 is 0 Å². The Morgan fingerprint density at radius 3 is 2.67 bits per heavy atom. The third-order valence-corrected chi connectivity index (χ3v) is 4.66. The number of halogens is 2. The summed E-state index contributed by atoms with van der Waals surface area (Å²) < 4.78 is 14.5. The van der Waals surface area contributed by atoms with Gasteiger partial charge in [-0.25, -0.2) is 4.39 Å². The molecule has 1 aliphatic rings. The lowest BCUT2D eigenvalue weighted by Crippen LogP contribution is -2.27. The maximum Gasteiger partial charge on any atom is 0.168 e. The number of ketones is 1. The van der Waals surface area contributed by atoms with Gasteiger partial charge in [0.2, 0.25) is 0 Å². The van der Waals surface area contributed by atoms with Crippen LogP contribution >= 0.6 is 15.9 Å². The molecule has 1 nitrogen and oxygen atoms in total. The van der Waals surface area contributed by atoms with Crippen molar-refractivity contribution in [2.75, 3.05) is 0 Å². The highest BCUT2D eigenvalue weighted by molar-refractivity contribution is 9.10. The van der Waals surface area contributed by atoms with Crippen molar-refractivity contribution < 1.29 is 9.18 Å². The molecule has 0 saturated heterocycles. The maximum atomic E-state index is 13.7. The van der Waals surface area contributed by atoms with Gasteiger partial charge in [0.15, 0.2) is 5.78 Å². The zero-order valence-electron chi connectivity index (χ0n) is 10.7. The van der Waals surface area contributed by atoms with Crippen LogP contribution in [0.15, 0.2) is 22.7 Å². The number of hydrogen-bond acceptors (Lipinski definition) is 1. The minimum atomic E-state index is -0.408. The zero-order chi connectivity index (χ0) is 13.3. The van der Waals surface area contributed by atoms with Crippen LogP contribution in [-0.2, 0) is 0 Å². The minimum absolute atomic E-state index is 0.0139. The molecule has 0 heterocycles. The third-order valence-electron chi connectivity index (χ3n) is 4.16. The monoisotopic (exact) mass is 312 g/mol. The molecule has 3 heteroatoms. The fourth-order valence-electron chi connectivity index (χ4n) is 2.69. The fourth-order valence-corrected chi connectivity index (χ4v) is 3.05. The molecule has 0 radical (unpaired) electrons. The van der Waals surface area contributed by atoms with Crippen molar-refractivity contribution in [3.63, 3.8) is 0 Å². The molecule has 98 valence electrons. The first kappa shape index (κ1) is 13.7. The lowest BCUT2D eigenvalue weighted by atomic mass is 9.73. The van der Waals surface area contributed by atoms with E-state index in [1.165, 1.54) is 6.07 Å². The van der Waals surface area contributed by atoms with E-state index in [0.29, 0.717) is 11.8 Å². The highest BCUT2D eigenvalue weighted by Gasteiger charge is 2.30. The predicted octanol–water partition coefficient (Wildman–Crippen LogP) is 4.84. The molecule has 0 amide bonds. The van der Waals surface area contributed by atoms with Crippen LogP contribution in [0.5, 0.6) is 0 Å². The highest BCUT2D eigenvalue weighted by atomic mass is 79.9. The summed E-state index contributed by atoms with van der Waals surface area (Å²) in [5, 5.41) is 0. The molecular weight excluding hydrogens is 295 g/mol. The Hall–Kier alpha value is -0.700. The second-order valence-corrected chi connectivity index (χ2v) is 6.37. The van der Waals surface area contributed by atoms with Crippen LogP contribution in [0.1, 0.15) is 43.5 Å². The summed E-state index contributed by atoms with van der Waals surface area (Å²) in [6.45, 7) is 4.41. The van der Waals surface area contributed by atoms with Crippen LogP contribution in [0.25, 0.3) is 0 Å². The first-order chi connectivity index (χ1) is 8.49. The summed E-state index contributed by atoms with van der Waals surface area (Å²) in [5.74, 6) is 0.756. The van der Waals surface area contributed by atoms with Crippen molar-refractivity contribution in [1.82, 2.24) is 0 Å². The number of carbonyl (C=O) groups is 1. The normalized spacial score (nSPS) is 28.1. The van der Waals surface area contributed by atoms with Gasteiger partial charge in [0, 0.05) is 10.4 Å². The molecule has 18 heavy (non-hydrogen) atoms. The summed E-state index contributed by atoms with van der Waals surface area (Å²) in [4.78, 5) is 12.4. The van der Waals surface area contributed by atoms with Gasteiger partial charge >= 0.3 is 0 Å². The molecule has 1 fully saturated rings.